The molecule has 0 aliphatic rings. The number of carbonyl (C=O) groups excluding carboxylic acids is 2. The molecule has 0 aliphatic heterocycles. The van der Waals surface area contributed by atoms with Crippen molar-refractivity contribution in [2.75, 3.05) is 6.61 Å². The van der Waals surface area contributed by atoms with Crippen LogP contribution in [0.15, 0.2) is 61.2 Å². The van der Waals surface area contributed by atoms with Crippen LogP contribution in [0.1, 0.15) is 21.5 Å². The summed E-state index contributed by atoms with van der Waals surface area (Å²) in [7, 11) is 0. The van der Waals surface area contributed by atoms with Crippen molar-refractivity contribution in [2.24, 2.45) is 0 Å². The molecule has 1 aromatic heterocycles. The first-order valence-corrected chi connectivity index (χ1v) is 8.07. The number of amides is 1. The van der Waals surface area contributed by atoms with E-state index in [0.29, 0.717) is 12.1 Å². The van der Waals surface area contributed by atoms with Gasteiger partial charge in [0.1, 0.15) is 12.7 Å². The average Bonchev–Trinajstić information content (AvgIpc) is 3.20. The second-order valence-electron chi connectivity index (χ2n) is 5.67. The van der Waals surface area contributed by atoms with Crippen LogP contribution in [0.3, 0.4) is 0 Å². The molecule has 0 unspecified atom stereocenters. The molecule has 0 bridgehead atoms. The van der Waals surface area contributed by atoms with E-state index in [1.165, 1.54) is 6.33 Å². The fraction of sp³-hybridized carbons (Fsp3) is 0.158. The number of nitrogens with one attached hydrogen (secondary N) is 1. The number of ether oxygens (including phenoxy) is 1. The highest BCUT2D eigenvalue weighted by molar-refractivity contribution is 5.91. The normalized spacial score (nSPS) is 10.3. The van der Waals surface area contributed by atoms with Gasteiger partial charge in [0, 0.05) is 6.54 Å². The second-order valence-corrected chi connectivity index (χ2v) is 5.67. The highest BCUT2D eigenvalue weighted by Gasteiger charge is 2.11. The van der Waals surface area contributed by atoms with Crippen molar-refractivity contribution in [2.45, 2.75) is 13.5 Å². The molecule has 7 heteroatoms. The van der Waals surface area contributed by atoms with E-state index in [1.54, 1.807) is 35.3 Å². The minimum atomic E-state index is -0.554. The number of esters is 1. The van der Waals surface area contributed by atoms with E-state index in [2.05, 4.69) is 15.4 Å². The summed E-state index contributed by atoms with van der Waals surface area (Å²) in [6.07, 6.45) is 2.99. The van der Waals surface area contributed by atoms with Crippen LogP contribution in [-0.2, 0) is 16.1 Å². The predicted octanol–water partition coefficient (Wildman–Crippen LogP) is 2.05. The Morgan fingerprint density at radius 1 is 1.12 bits per heavy atom. The van der Waals surface area contributed by atoms with Crippen LogP contribution in [0.2, 0.25) is 0 Å². The summed E-state index contributed by atoms with van der Waals surface area (Å²) in [6, 6.07) is 14.5. The third kappa shape index (κ3) is 4.32. The van der Waals surface area contributed by atoms with Gasteiger partial charge in [-0.2, -0.15) is 5.10 Å². The van der Waals surface area contributed by atoms with Crippen LogP contribution < -0.4 is 5.32 Å². The molecule has 0 radical (unpaired) electrons. The van der Waals surface area contributed by atoms with Gasteiger partial charge < -0.3 is 10.1 Å². The largest absolute Gasteiger partial charge is 0.452 e. The Balaban J connectivity index is 1.49. The summed E-state index contributed by atoms with van der Waals surface area (Å²) in [5, 5.41) is 6.75. The summed E-state index contributed by atoms with van der Waals surface area (Å²) in [6.45, 7) is 2.05. The molecule has 0 fully saturated rings. The lowest BCUT2D eigenvalue weighted by Gasteiger charge is -2.09. The van der Waals surface area contributed by atoms with Crippen LogP contribution in [0, 0.1) is 6.92 Å². The molecule has 0 saturated heterocycles. The van der Waals surface area contributed by atoms with Crippen molar-refractivity contribution in [1.82, 2.24) is 20.1 Å². The van der Waals surface area contributed by atoms with E-state index < -0.39 is 5.97 Å². The van der Waals surface area contributed by atoms with Gasteiger partial charge in [-0.3, -0.25) is 4.79 Å². The minimum absolute atomic E-state index is 0.324. The smallest absolute Gasteiger partial charge is 0.338 e. The van der Waals surface area contributed by atoms with Crippen molar-refractivity contribution in [3.05, 3.63) is 77.9 Å². The first-order valence-electron chi connectivity index (χ1n) is 8.07. The molecule has 1 amide bonds. The monoisotopic (exact) mass is 350 g/mol. The molecule has 132 valence electrons. The number of aromatic nitrogens is 3. The molecule has 7 nitrogen and oxygen atoms in total. The molecule has 0 aliphatic carbocycles. The zero-order valence-corrected chi connectivity index (χ0v) is 14.3. The van der Waals surface area contributed by atoms with E-state index in [-0.39, 0.29) is 12.5 Å². The van der Waals surface area contributed by atoms with Crippen molar-refractivity contribution in [1.29, 1.82) is 0 Å². The van der Waals surface area contributed by atoms with Crippen LogP contribution >= 0.6 is 0 Å². The van der Waals surface area contributed by atoms with E-state index in [9.17, 15) is 9.59 Å². The summed E-state index contributed by atoms with van der Waals surface area (Å²) in [4.78, 5) is 27.8. The Bertz CT molecular complexity index is 889. The Labute approximate surface area is 150 Å². The fourth-order valence-electron chi connectivity index (χ4n) is 2.36. The maximum atomic E-state index is 12.0. The van der Waals surface area contributed by atoms with Gasteiger partial charge in [0.15, 0.2) is 6.61 Å². The van der Waals surface area contributed by atoms with Gasteiger partial charge in [-0.05, 0) is 42.3 Å². The van der Waals surface area contributed by atoms with Crippen LogP contribution in [0.4, 0.5) is 0 Å². The lowest BCUT2D eigenvalue weighted by molar-refractivity contribution is -0.124. The van der Waals surface area contributed by atoms with E-state index in [0.717, 1.165) is 16.8 Å². The molecule has 0 spiro atoms. The number of aryl methyl sites for hydroxylation is 1. The molecular formula is C19H18N4O3. The lowest BCUT2D eigenvalue weighted by Crippen LogP contribution is -2.28. The molecule has 2 aromatic carbocycles. The van der Waals surface area contributed by atoms with Gasteiger partial charge in [-0.25, -0.2) is 14.5 Å². The first kappa shape index (κ1) is 17.3. The molecule has 26 heavy (non-hydrogen) atoms. The highest BCUT2D eigenvalue weighted by atomic mass is 16.5. The predicted molar refractivity (Wildman–Crippen MR) is 94.7 cm³/mol. The number of benzene rings is 2. The van der Waals surface area contributed by atoms with Crippen molar-refractivity contribution < 1.29 is 14.3 Å². The number of carbonyl (C=O) groups is 2. The number of hydrogen-bond acceptors (Lipinski definition) is 5. The van der Waals surface area contributed by atoms with E-state index in [4.69, 9.17) is 4.74 Å². The van der Waals surface area contributed by atoms with Crippen LogP contribution in [0.25, 0.3) is 5.69 Å². The van der Waals surface area contributed by atoms with Crippen LogP contribution in [0.5, 0.6) is 0 Å². The van der Waals surface area contributed by atoms with Crippen molar-refractivity contribution >= 4 is 11.9 Å². The summed E-state index contributed by atoms with van der Waals surface area (Å²) in [5.74, 6) is -0.901. The quantitative estimate of drug-likeness (QED) is 0.688. The number of nitrogens with zero attached hydrogens (tertiary/aromatic N) is 3. The van der Waals surface area contributed by atoms with E-state index in [1.807, 2.05) is 31.2 Å². The molecule has 1 N–H and O–H groups in total. The van der Waals surface area contributed by atoms with E-state index >= 15 is 0 Å². The van der Waals surface area contributed by atoms with Gasteiger partial charge in [0.25, 0.3) is 5.91 Å². The van der Waals surface area contributed by atoms with Crippen molar-refractivity contribution in [3.8, 4) is 5.69 Å². The Kier molecular flexibility index (Phi) is 5.38. The number of rotatable bonds is 6. The molecule has 1 heterocycles. The Morgan fingerprint density at radius 2 is 1.88 bits per heavy atom. The number of hydrogen-bond donors (Lipinski definition) is 1. The third-order valence-electron chi connectivity index (χ3n) is 3.86. The SMILES string of the molecule is Cc1ccccc1CNC(=O)COC(=O)c1ccc(-n2cncn2)cc1. The Morgan fingerprint density at radius 3 is 2.58 bits per heavy atom. The summed E-state index contributed by atoms with van der Waals surface area (Å²) in [5.41, 5.74) is 3.25. The topological polar surface area (TPSA) is 86.1 Å². The average molecular weight is 350 g/mol. The summed E-state index contributed by atoms with van der Waals surface area (Å²) >= 11 is 0. The zero-order valence-electron chi connectivity index (χ0n) is 14.3. The maximum absolute atomic E-state index is 12.0. The second kappa shape index (κ2) is 8.06. The van der Waals surface area contributed by atoms with Gasteiger partial charge in [0.05, 0.1) is 11.3 Å². The molecule has 3 aromatic rings. The van der Waals surface area contributed by atoms with Gasteiger partial charge >= 0.3 is 5.97 Å². The molecule has 3 rings (SSSR count). The molecule has 0 atom stereocenters. The van der Waals surface area contributed by atoms with Crippen molar-refractivity contribution in [3.63, 3.8) is 0 Å². The molecular weight excluding hydrogens is 332 g/mol. The van der Waals surface area contributed by atoms with Crippen LogP contribution in [-0.4, -0.2) is 33.2 Å². The van der Waals surface area contributed by atoms with Gasteiger partial charge in [-0.1, -0.05) is 24.3 Å². The van der Waals surface area contributed by atoms with Gasteiger partial charge in [0.2, 0.25) is 0 Å². The standard InChI is InChI=1S/C19H18N4O3/c1-14-4-2-3-5-16(14)10-21-18(24)11-26-19(25)15-6-8-17(9-7-15)23-13-20-12-22-23/h2-9,12-13H,10-11H2,1H3,(H,21,24). The van der Waals surface area contributed by atoms with Gasteiger partial charge in [-0.15, -0.1) is 0 Å². The lowest BCUT2D eigenvalue weighted by atomic mass is 10.1. The maximum Gasteiger partial charge on any atom is 0.338 e. The Hall–Kier alpha value is -3.48. The fourth-order valence-corrected chi connectivity index (χ4v) is 2.36. The zero-order chi connectivity index (χ0) is 18.4. The molecule has 0 saturated carbocycles. The third-order valence-corrected chi connectivity index (χ3v) is 3.86. The first-order chi connectivity index (χ1) is 12.6. The minimum Gasteiger partial charge on any atom is -0.452 e. The highest BCUT2D eigenvalue weighted by Crippen LogP contribution is 2.09. The summed E-state index contributed by atoms with van der Waals surface area (Å²) < 4.78 is 6.63.